The Hall–Kier alpha value is -3.08. The second-order valence-electron chi connectivity index (χ2n) is 16.2. The number of aliphatic hydroxyl groups is 1. The molecule has 1 fully saturated rings. The van der Waals surface area contributed by atoms with E-state index in [1.807, 2.05) is 32.9 Å². The first kappa shape index (κ1) is 36.7. The van der Waals surface area contributed by atoms with Crippen LogP contribution >= 0.6 is 11.6 Å². The maximum absolute atomic E-state index is 13.5. The molecule has 0 radical (unpaired) electrons. The molecular formula is C39H51ClN2O7S. The Kier molecular flexibility index (Phi) is 9.89. The zero-order valence-electron chi connectivity index (χ0n) is 30.0. The lowest BCUT2D eigenvalue weighted by Gasteiger charge is -2.50. The molecule has 7 atom stereocenters. The van der Waals surface area contributed by atoms with Crippen LogP contribution < -0.4 is 14.4 Å². The van der Waals surface area contributed by atoms with E-state index in [2.05, 4.69) is 15.7 Å². The largest absolute Gasteiger partial charge is 0.490 e. The second-order valence-corrected chi connectivity index (χ2v) is 18.6. The van der Waals surface area contributed by atoms with Crippen molar-refractivity contribution in [3.8, 4) is 5.75 Å². The minimum absolute atomic E-state index is 0.00734. The average molecular weight is 727 g/mol. The Bertz CT molecular complexity index is 1790. The molecule has 0 unspecified atom stereocenters. The molecule has 11 heteroatoms. The molecule has 2 bridgehead atoms. The minimum Gasteiger partial charge on any atom is -0.490 e. The zero-order valence-corrected chi connectivity index (χ0v) is 31.6. The van der Waals surface area contributed by atoms with E-state index in [0.29, 0.717) is 49.0 Å². The van der Waals surface area contributed by atoms with Gasteiger partial charge in [-0.2, -0.15) is 0 Å². The standard InChI is InChI=1S/C39H51ClN2O7S/c1-24-9-7-18-39(45,25(2)36(44)49-37(4,5)6)32-14-11-29(32)21-42-22-38(17-8-10-27-19-30(40)13-15-31(27)38)23-48-34-16-12-28(20-33(34)42)35(43)41-50(46,47)26(24)3/h7,12-13,15-16,18-20,24-26,29,32,45H,8-11,14,17,21-23H2,1-6H3,(H,41,43)/b18-7-/t24-,25+,26+,29-,32+,38-,39+/m0/s1. The maximum Gasteiger partial charge on any atom is 0.312 e. The van der Waals surface area contributed by atoms with Crippen LogP contribution in [0, 0.1) is 23.7 Å². The lowest BCUT2D eigenvalue weighted by atomic mass is 9.60. The quantitative estimate of drug-likeness (QED) is 0.263. The number of halogens is 1. The number of hydrogen-bond donors (Lipinski definition) is 2. The van der Waals surface area contributed by atoms with Gasteiger partial charge in [-0.25, -0.2) is 13.1 Å². The highest BCUT2D eigenvalue weighted by Gasteiger charge is 2.52. The number of amides is 1. The van der Waals surface area contributed by atoms with Crippen molar-refractivity contribution >= 4 is 39.2 Å². The number of carbonyl (C=O) groups is 2. The van der Waals surface area contributed by atoms with Crippen molar-refractivity contribution in [2.75, 3.05) is 24.6 Å². The number of fused-ring (bicyclic) bond motifs is 4. The molecule has 2 heterocycles. The smallest absolute Gasteiger partial charge is 0.312 e. The van der Waals surface area contributed by atoms with Gasteiger partial charge in [0.15, 0.2) is 0 Å². The predicted octanol–water partition coefficient (Wildman–Crippen LogP) is 6.59. The first-order valence-corrected chi connectivity index (χ1v) is 19.8. The first-order valence-electron chi connectivity index (χ1n) is 17.9. The number of hydrogen-bond acceptors (Lipinski definition) is 8. The van der Waals surface area contributed by atoms with Gasteiger partial charge in [0.2, 0.25) is 10.0 Å². The summed E-state index contributed by atoms with van der Waals surface area (Å²) < 4.78 is 41.6. The number of sulfonamides is 1. The number of esters is 1. The molecule has 1 spiro atoms. The summed E-state index contributed by atoms with van der Waals surface area (Å²) in [5.74, 6) is -2.07. The van der Waals surface area contributed by atoms with Crippen LogP contribution in [0.2, 0.25) is 5.02 Å². The molecule has 9 nitrogen and oxygen atoms in total. The second kappa shape index (κ2) is 13.5. The summed E-state index contributed by atoms with van der Waals surface area (Å²) in [6.07, 6.45) is 8.17. The van der Waals surface area contributed by atoms with Gasteiger partial charge in [0, 0.05) is 29.1 Å². The molecule has 4 aliphatic rings. The molecule has 0 saturated heterocycles. The number of allylic oxidation sites excluding steroid dienone is 1. The molecule has 1 saturated carbocycles. The summed E-state index contributed by atoms with van der Waals surface area (Å²) in [5, 5.41) is 12.4. The fourth-order valence-electron chi connectivity index (χ4n) is 8.35. The topological polar surface area (TPSA) is 122 Å². The van der Waals surface area contributed by atoms with E-state index in [9.17, 15) is 23.1 Å². The Morgan fingerprint density at radius 1 is 1.16 bits per heavy atom. The van der Waals surface area contributed by atoms with Crippen LogP contribution in [0.3, 0.4) is 0 Å². The van der Waals surface area contributed by atoms with E-state index in [0.717, 1.165) is 25.7 Å². The van der Waals surface area contributed by atoms with Crippen LogP contribution in [0.25, 0.3) is 0 Å². The third-order valence-corrected chi connectivity index (χ3v) is 13.8. The van der Waals surface area contributed by atoms with Gasteiger partial charge in [0.05, 0.1) is 29.1 Å². The van der Waals surface area contributed by atoms with Crippen molar-refractivity contribution in [1.29, 1.82) is 0 Å². The summed E-state index contributed by atoms with van der Waals surface area (Å²) >= 11 is 6.44. The van der Waals surface area contributed by atoms with Gasteiger partial charge in [-0.05, 0) is 132 Å². The van der Waals surface area contributed by atoms with E-state index in [1.54, 1.807) is 51.1 Å². The maximum atomic E-state index is 13.5. The van der Waals surface area contributed by atoms with E-state index >= 15 is 0 Å². The van der Waals surface area contributed by atoms with Gasteiger partial charge in [-0.3, -0.25) is 9.59 Å². The highest BCUT2D eigenvalue weighted by atomic mass is 35.5. The molecule has 2 aliphatic heterocycles. The van der Waals surface area contributed by atoms with Crippen LogP contribution in [-0.2, 0) is 31.4 Å². The number of aryl methyl sites for hydroxylation is 1. The zero-order chi connectivity index (χ0) is 36.2. The number of carbonyl (C=O) groups excluding carboxylic acids is 2. The number of nitrogens with one attached hydrogen (secondary N) is 1. The highest BCUT2D eigenvalue weighted by molar-refractivity contribution is 7.90. The Labute approximate surface area is 301 Å². The molecule has 1 amide bonds. The highest BCUT2D eigenvalue weighted by Crippen LogP contribution is 2.50. The van der Waals surface area contributed by atoms with E-state index < -0.39 is 44.3 Å². The normalized spacial score (nSPS) is 32.2. The molecule has 2 aromatic rings. The van der Waals surface area contributed by atoms with Gasteiger partial charge in [0.1, 0.15) is 11.4 Å². The van der Waals surface area contributed by atoms with Crippen molar-refractivity contribution in [2.45, 2.75) is 102 Å². The number of ether oxygens (including phenoxy) is 2. The van der Waals surface area contributed by atoms with Crippen LogP contribution in [0.4, 0.5) is 5.69 Å². The fourth-order valence-corrected chi connectivity index (χ4v) is 9.83. The van der Waals surface area contributed by atoms with Crippen LogP contribution in [0.15, 0.2) is 48.6 Å². The summed E-state index contributed by atoms with van der Waals surface area (Å²) in [4.78, 5) is 29.3. The molecule has 2 aromatic carbocycles. The molecule has 6 rings (SSSR count). The Balaban J connectivity index is 1.46. The molecule has 0 aromatic heterocycles. The van der Waals surface area contributed by atoms with E-state index in [4.69, 9.17) is 21.1 Å². The lowest BCUT2D eigenvalue weighted by Crippen LogP contribution is -2.56. The predicted molar refractivity (Wildman–Crippen MR) is 195 cm³/mol. The van der Waals surface area contributed by atoms with Crippen molar-refractivity contribution in [3.05, 3.63) is 70.3 Å². The van der Waals surface area contributed by atoms with Crippen molar-refractivity contribution < 1.29 is 32.6 Å². The van der Waals surface area contributed by atoms with Crippen LogP contribution in [0.5, 0.6) is 5.75 Å². The third kappa shape index (κ3) is 7.04. The van der Waals surface area contributed by atoms with Gasteiger partial charge in [-0.15, -0.1) is 0 Å². The lowest BCUT2D eigenvalue weighted by molar-refractivity contribution is -0.173. The first-order chi connectivity index (χ1) is 23.4. The number of benzene rings is 2. The molecule has 2 aliphatic carbocycles. The van der Waals surface area contributed by atoms with Crippen LogP contribution in [0.1, 0.15) is 95.1 Å². The van der Waals surface area contributed by atoms with Crippen LogP contribution in [-0.4, -0.2) is 61.5 Å². The monoisotopic (exact) mass is 726 g/mol. The van der Waals surface area contributed by atoms with Crippen molar-refractivity contribution in [3.63, 3.8) is 0 Å². The van der Waals surface area contributed by atoms with Gasteiger partial charge in [0.25, 0.3) is 5.91 Å². The summed E-state index contributed by atoms with van der Waals surface area (Å²) in [6.45, 7) is 12.1. The molecule has 50 heavy (non-hydrogen) atoms. The fraction of sp³-hybridized carbons (Fsp3) is 0.590. The molecule has 272 valence electrons. The van der Waals surface area contributed by atoms with Crippen molar-refractivity contribution in [1.82, 2.24) is 4.72 Å². The number of nitrogens with zero attached hydrogens (tertiary/aromatic N) is 1. The van der Waals surface area contributed by atoms with Gasteiger partial charge >= 0.3 is 5.97 Å². The van der Waals surface area contributed by atoms with Gasteiger partial charge < -0.3 is 19.5 Å². The third-order valence-electron chi connectivity index (χ3n) is 11.6. The number of anilines is 1. The SMILES string of the molecule is C[C@H](C(=O)OC(C)(C)C)[C@]1(O)/C=C\C[C@H](C)[C@@H](C)S(=O)(=O)NC(=O)c2ccc3c(c2)N(C[C@@H]2CC[C@H]21)C[C@@]1(CCCc2cc(Cl)ccc21)CO3. The number of rotatable bonds is 2. The average Bonchev–Trinajstić information content (AvgIpc) is 3.17. The Morgan fingerprint density at radius 3 is 2.62 bits per heavy atom. The summed E-state index contributed by atoms with van der Waals surface area (Å²) in [5.41, 5.74) is 0.697. The Morgan fingerprint density at radius 2 is 1.92 bits per heavy atom. The minimum atomic E-state index is -4.05. The van der Waals surface area contributed by atoms with E-state index in [1.165, 1.54) is 11.1 Å². The van der Waals surface area contributed by atoms with E-state index in [-0.39, 0.29) is 28.7 Å². The van der Waals surface area contributed by atoms with Crippen molar-refractivity contribution in [2.24, 2.45) is 23.7 Å². The van der Waals surface area contributed by atoms with Gasteiger partial charge in [-0.1, -0.05) is 36.7 Å². The molecule has 2 N–H and O–H groups in total. The molecular weight excluding hydrogens is 676 g/mol. The summed E-state index contributed by atoms with van der Waals surface area (Å²) in [7, 11) is -4.05. The summed E-state index contributed by atoms with van der Waals surface area (Å²) in [6, 6.07) is 11.2.